The van der Waals surface area contributed by atoms with E-state index in [1.807, 2.05) is 0 Å². The molecule has 0 radical (unpaired) electrons. The molecule has 6 nitrogen and oxygen atoms in total. The number of carbonyl (C=O) groups excluding carboxylic acids is 1. The number of amides is 1. The van der Waals surface area contributed by atoms with Gasteiger partial charge in [0.1, 0.15) is 5.75 Å². The molecule has 0 aliphatic rings. The van der Waals surface area contributed by atoms with E-state index in [0.29, 0.717) is 22.6 Å². The number of hydrogen-bond donors (Lipinski definition) is 2. The predicted octanol–water partition coefficient (Wildman–Crippen LogP) is 2.78. The van der Waals surface area contributed by atoms with Gasteiger partial charge in [0.05, 0.1) is 24.0 Å². The van der Waals surface area contributed by atoms with Gasteiger partial charge in [0.25, 0.3) is 5.91 Å². The molecule has 7 heteroatoms. The summed E-state index contributed by atoms with van der Waals surface area (Å²) in [6.07, 6.45) is 1.47. The molecular formula is C16H15IN2O4. The molecule has 2 aromatic carbocycles. The minimum Gasteiger partial charge on any atom is -0.504 e. The topological polar surface area (TPSA) is 80.2 Å². The third-order valence-corrected chi connectivity index (χ3v) is 3.84. The van der Waals surface area contributed by atoms with Gasteiger partial charge in [-0.05, 0) is 64.6 Å². The summed E-state index contributed by atoms with van der Waals surface area (Å²) in [7, 11) is 3.04. The van der Waals surface area contributed by atoms with Crippen molar-refractivity contribution < 1.29 is 19.4 Å². The molecule has 2 aromatic rings. The molecule has 0 aliphatic heterocycles. The van der Waals surface area contributed by atoms with Gasteiger partial charge in [-0.2, -0.15) is 5.10 Å². The molecule has 2 rings (SSSR count). The van der Waals surface area contributed by atoms with Crippen LogP contribution in [0.15, 0.2) is 41.5 Å². The standard InChI is InChI=1S/C16H15IN2O4/c1-22-14-6-4-11(8-12(14)17)16(21)19-18-9-10-3-5-13(20)15(7-10)23-2/h3-9,20H,1-2H3,(H,19,21)/b18-9-. The molecule has 0 atom stereocenters. The lowest BCUT2D eigenvalue weighted by molar-refractivity contribution is 0.0955. The van der Waals surface area contributed by atoms with Crippen molar-refractivity contribution in [1.82, 2.24) is 5.43 Å². The molecule has 0 saturated heterocycles. The summed E-state index contributed by atoms with van der Waals surface area (Å²) in [5.74, 6) is 0.765. The maximum absolute atomic E-state index is 12.0. The minimum atomic E-state index is -0.326. The lowest BCUT2D eigenvalue weighted by Gasteiger charge is -2.05. The number of halogens is 1. The Labute approximate surface area is 147 Å². The number of ether oxygens (including phenoxy) is 2. The molecule has 0 aromatic heterocycles. The van der Waals surface area contributed by atoms with Crippen molar-refractivity contribution >= 4 is 34.7 Å². The van der Waals surface area contributed by atoms with Gasteiger partial charge in [0.15, 0.2) is 11.5 Å². The van der Waals surface area contributed by atoms with Crippen LogP contribution in [0.5, 0.6) is 17.2 Å². The molecule has 0 fully saturated rings. The van der Waals surface area contributed by atoms with Gasteiger partial charge in [-0.3, -0.25) is 4.79 Å². The van der Waals surface area contributed by atoms with Crippen LogP contribution in [0, 0.1) is 3.57 Å². The monoisotopic (exact) mass is 426 g/mol. The van der Waals surface area contributed by atoms with E-state index in [1.54, 1.807) is 37.4 Å². The van der Waals surface area contributed by atoms with Crippen molar-refractivity contribution in [3.63, 3.8) is 0 Å². The fourth-order valence-corrected chi connectivity index (χ4v) is 2.55. The second kappa shape index (κ2) is 7.82. The Morgan fingerprint density at radius 3 is 2.57 bits per heavy atom. The van der Waals surface area contributed by atoms with Crippen molar-refractivity contribution in [1.29, 1.82) is 0 Å². The number of methoxy groups -OCH3 is 2. The molecule has 0 bridgehead atoms. The van der Waals surface area contributed by atoms with Crippen LogP contribution in [0.3, 0.4) is 0 Å². The number of nitrogens with zero attached hydrogens (tertiary/aromatic N) is 1. The Hall–Kier alpha value is -2.29. The Balaban J connectivity index is 2.05. The highest BCUT2D eigenvalue weighted by molar-refractivity contribution is 14.1. The van der Waals surface area contributed by atoms with Crippen LogP contribution in [-0.4, -0.2) is 31.4 Å². The molecule has 1 amide bonds. The quantitative estimate of drug-likeness (QED) is 0.438. The number of phenolic OH excluding ortho intramolecular Hbond substituents is 1. The van der Waals surface area contributed by atoms with E-state index in [1.165, 1.54) is 19.4 Å². The number of aromatic hydroxyl groups is 1. The summed E-state index contributed by atoms with van der Waals surface area (Å²) in [4.78, 5) is 12.0. The molecule has 0 heterocycles. The molecule has 23 heavy (non-hydrogen) atoms. The van der Waals surface area contributed by atoms with Crippen LogP contribution in [0.25, 0.3) is 0 Å². The molecule has 0 unspecified atom stereocenters. The largest absolute Gasteiger partial charge is 0.504 e. The summed E-state index contributed by atoms with van der Waals surface area (Å²) in [6, 6.07) is 9.87. The van der Waals surface area contributed by atoms with Crippen LogP contribution in [0.1, 0.15) is 15.9 Å². The van der Waals surface area contributed by atoms with Crippen LogP contribution in [0.4, 0.5) is 0 Å². The van der Waals surface area contributed by atoms with Crippen molar-refractivity contribution in [2.45, 2.75) is 0 Å². The van der Waals surface area contributed by atoms with E-state index < -0.39 is 0 Å². The zero-order valence-corrected chi connectivity index (χ0v) is 14.7. The lowest BCUT2D eigenvalue weighted by Crippen LogP contribution is -2.17. The molecule has 2 N–H and O–H groups in total. The highest BCUT2D eigenvalue weighted by atomic mass is 127. The first-order valence-electron chi connectivity index (χ1n) is 6.59. The van der Waals surface area contributed by atoms with Crippen LogP contribution in [-0.2, 0) is 0 Å². The van der Waals surface area contributed by atoms with E-state index in [-0.39, 0.29) is 11.7 Å². The average molecular weight is 426 g/mol. The third-order valence-electron chi connectivity index (χ3n) is 3.00. The molecule has 0 saturated carbocycles. The number of phenols is 1. The summed E-state index contributed by atoms with van der Waals surface area (Å²) in [6.45, 7) is 0. The van der Waals surface area contributed by atoms with E-state index >= 15 is 0 Å². The molecular weight excluding hydrogens is 411 g/mol. The number of hydrogen-bond acceptors (Lipinski definition) is 5. The smallest absolute Gasteiger partial charge is 0.271 e. The highest BCUT2D eigenvalue weighted by Crippen LogP contribution is 2.25. The average Bonchev–Trinajstić information content (AvgIpc) is 2.56. The van der Waals surface area contributed by atoms with E-state index in [2.05, 4.69) is 33.1 Å². The first-order chi connectivity index (χ1) is 11.0. The first kappa shape index (κ1) is 17.1. The second-order valence-electron chi connectivity index (χ2n) is 4.48. The number of carbonyl (C=O) groups is 1. The summed E-state index contributed by atoms with van der Waals surface area (Å²) >= 11 is 2.10. The Morgan fingerprint density at radius 1 is 1.17 bits per heavy atom. The Morgan fingerprint density at radius 2 is 1.91 bits per heavy atom. The summed E-state index contributed by atoms with van der Waals surface area (Å²) in [5.41, 5.74) is 3.61. The van der Waals surface area contributed by atoms with Crippen molar-refractivity contribution in [3.8, 4) is 17.2 Å². The Kier molecular flexibility index (Phi) is 5.80. The molecule has 120 valence electrons. The van der Waals surface area contributed by atoms with E-state index in [0.717, 1.165) is 3.57 Å². The number of hydrazone groups is 1. The first-order valence-corrected chi connectivity index (χ1v) is 7.67. The molecule has 0 spiro atoms. The summed E-state index contributed by atoms with van der Waals surface area (Å²) in [5, 5.41) is 13.4. The fourth-order valence-electron chi connectivity index (χ4n) is 1.81. The minimum absolute atomic E-state index is 0.0430. The number of nitrogens with one attached hydrogen (secondary N) is 1. The van der Waals surface area contributed by atoms with Gasteiger partial charge in [-0.15, -0.1) is 0 Å². The zero-order valence-electron chi connectivity index (χ0n) is 12.5. The fraction of sp³-hybridized carbons (Fsp3) is 0.125. The van der Waals surface area contributed by atoms with E-state index in [9.17, 15) is 9.90 Å². The Bertz CT molecular complexity index is 747. The number of rotatable bonds is 5. The molecule has 0 aliphatic carbocycles. The zero-order chi connectivity index (χ0) is 16.8. The van der Waals surface area contributed by atoms with Crippen LogP contribution >= 0.6 is 22.6 Å². The van der Waals surface area contributed by atoms with Gasteiger partial charge in [-0.1, -0.05) is 0 Å². The van der Waals surface area contributed by atoms with Crippen LogP contribution in [0.2, 0.25) is 0 Å². The predicted molar refractivity (Wildman–Crippen MR) is 95.4 cm³/mol. The number of benzene rings is 2. The normalized spacial score (nSPS) is 10.6. The van der Waals surface area contributed by atoms with Gasteiger partial charge < -0.3 is 14.6 Å². The highest BCUT2D eigenvalue weighted by Gasteiger charge is 2.08. The van der Waals surface area contributed by atoms with Gasteiger partial charge in [-0.25, -0.2) is 5.43 Å². The van der Waals surface area contributed by atoms with Gasteiger partial charge >= 0.3 is 0 Å². The van der Waals surface area contributed by atoms with Gasteiger partial charge in [0, 0.05) is 5.56 Å². The lowest BCUT2D eigenvalue weighted by atomic mass is 10.2. The maximum Gasteiger partial charge on any atom is 0.271 e. The van der Waals surface area contributed by atoms with E-state index in [4.69, 9.17) is 9.47 Å². The van der Waals surface area contributed by atoms with Crippen molar-refractivity contribution in [2.75, 3.05) is 14.2 Å². The second-order valence-corrected chi connectivity index (χ2v) is 5.64. The van der Waals surface area contributed by atoms with Crippen molar-refractivity contribution in [2.24, 2.45) is 5.10 Å². The third kappa shape index (κ3) is 4.35. The SMILES string of the molecule is COc1cc(/C=N\NC(=O)c2ccc(OC)c(I)c2)ccc1O. The maximum atomic E-state index is 12.0. The van der Waals surface area contributed by atoms with Gasteiger partial charge in [0.2, 0.25) is 0 Å². The summed E-state index contributed by atoms with van der Waals surface area (Å²) < 4.78 is 11.0. The van der Waals surface area contributed by atoms with Crippen LogP contribution < -0.4 is 14.9 Å². The van der Waals surface area contributed by atoms with Crippen molar-refractivity contribution in [3.05, 3.63) is 51.1 Å².